The Kier molecular flexibility index (Phi) is 6.33. The first-order valence-corrected chi connectivity index (χ1v) is 10.1. The number of hydrogen-bond acceptors (Lipinski definition) is 4. The van der Waals surface area contributed by atoms with Gasteiger partial charge in [-0.15, -0.1) is 0 Å². The van der Waals surface area contributed by atoms with Crippen LogP contribution in [0.5, 0.6) is 0 Å². The lowest BCUT2D eigenvalue weighted by Crippen LogP contribution is -2.32. The lowest BCUT2D eigenvalue weighted by atomic mass is 10.0. The quantitative estimate of drug-likeness (QED) is 0.730. The van der Waals surface area contributed by atoms with Crippen LogP contribution in [0.25, 0.3) is 0 Å². The lowest BCUT2D eigenvalue weighted by molar-refractivity contribution is -0.133. The Morgan fingerprint density at radius 2 is 2.00 bits per heavy atom. The van der Waals surface area contributed by atoms with Crippen LogP contribution in [-0.2, 0) is 11.3 Å². The van der Waals surface area contributed by atoms with E-state index in [2.05, 4.69) is 10.5 Å². The monoisotopic (exact) mass is 361 g/mol. The number of nitrogens with zero attached hydrogens (tertiary/aromatic N) is 2. The third kappa shape index (κ3) is 5.32. The number of amides is 2. The van der Waals surface area contributed by atoms with E-state index in [-0.39, 0.29) is 17.5 Å². The number of hydrogen-bond donors (Lipinski definition) is 1. The van der Waals surface area contributed by atoms with E-state index >= 15 is 0 Å². The molecule has 6 heteroatoms. The van der Waals surface area contributed by atoms with Crippen molar-refractivity contribution in [3.8, 4) is 0 Å². The van der Waals surface area contributed by atoms with Crippen molar-refractivity contribution < 1.29 is 14.1 Å². The van der Waals surface area contributed by atoms with Crippen LogP contribution in [0.1, 0.15) is 81.5 Å². The Balaban J connectivity index is 1.53. The lowest BCUT2D eigenvalue weighted by Gasteiger charge is -2.21. The first-order valence-electron chi connectivity index (χ1n) is 10.1. The zero-order valence-corrected chi connectivity index (χ0v) is 16.0. The maximum atomic E-state index is 12.7. The maximum absolute atomic E-state index is 12.7. The van der Waals surface area contributed by atoms with Crippen molar-refractivity contribution in [1.82, 2.24) is 15.4 Å². The van der Waals surface area contributed by atoms with Crippen LogP contribution in [-0.4, -0.2) is 34.5 Å². The Morgan fingerprint density at radius 3 is 2.65 bits per heavy atom. The molecule has 0 saturated heterocycles. The van der Waals surface area contributed by atoms with E-state index in [9.17, 15) is 9.59 Å². The smallest absolute Gasteiger partial charge is 0.273 e. The summed E-state index contributed by atoms with van der Waals surface area (Å²) < 4.78 is 5.32. The average Bonchev–Trinajstić information content (AvgIpc) is 3.12. The number of nitrogens with one attached hydrogen (secondary N) is 1. The molecule has 0 atom stereocenters. The van der Waals surface area contributed by atoms with E-state index in [0.717, 1.165) is 25.2 Å². The second-order valence-electron chi connectivity index (χ2n) is 8.22. The van der Waals surface area contributed by atoms with Gasteiger partial charge in [0.05, 0.1) is 6.54 Å². The van der Waals surface area contributed by atoms with E-state index < -0.39 is 0 Å². The first kappa shape index (κ1) is 18.9. The van der Waals surface area contributed by atoms with Crippen molar-refractivity contribution in [3.05, 3.63) is 17.5 Å². The van der Waals surface area contributed by atoms with Gasteiger partial charge >= 0.3 is 0 Å². The summed E-state index contributed by atoms with van der Waals surface area (Å²) in [7, 11) is 0. The summed E-state index contributed by atoms with van der Waals surface area (Å²) in [5, 5.41) is 6.70. The fourth-order valence-corrected chi connectivity index (χ4v) is 3.63. The molecule has 0 aliphatic heterocycles. The van der Waals surface area contributed by atoms with Crippen molar-refractivity contribution in [2.24, 2.45) is 11.8 Å². The fraction of sp³-hybridized carbons (Fsp3) is 0.750. The van der Waals surface area contributed by atoms with Gasteiger partial charge in [0.25, 0.3) is 5.91 Å². The molecule has 1 aromatic heterocycles. The molecule has 0 radical (unpaired) electrons. The fourth-order valence-electron chi connectivity index (χ4n) is 3.63. The molecule has 1 heterocycles. The van der Waals surface area contributed by atoms with Gasteiger partial charge in [0.1, 0.15) is 0 Å². The number of carbonyl (C=O) groups is 2. The van der Waals surface area contributed by atoms with Gasteiger partial charge in [0, 0.05) is 25.1 Å². The van der Waals surface area contributed by atoms with E-state index in [1.807, 2.05) is 18.7 Å². The van der Waals surface area contributed by atoms with Crippen molar-refractivity contribution in [2.45, 2.75) is 77.8 Å². The molecule has 2 fully saturated rings. The molecule has 144 valence electrons. The molecule has 0 spiro atoms. The Morgan fingerprint density at radius 1 is 1.27 bits per heavy atom. The molecule has 2 amide bonds. The highest BCUT2D eigenvalue weighted by molar-refractivity contribution is 5.92. The summed E-state index contributed by atoms with van der Waals surface area (Å²) >= 11 is 0. The van der Waals surface area contributed by atoms with Crippen LogP contribution in [0.3, 0.4) is 0 Å². The van der Waals surface area contributed by atoms with Crippen LogP contribution in [0, 0.1) is 11.8 Å². The molecule has 2 saturated carbocycles. The number of aromatic nitrogens is 1. The standard InChI is InChI=1S/C20H31N3O3/c1-14(2)12-21-20(25)18-11-17(26-22-18)13-23(16-8-9-16)19(24)10-7-15-5-3-4-6-15/h11,14-16H,3-10,12-13H2,1-2H3,(H,21,25). The van der Waals surface area contributed by atoms with Gasteiger partial charge in [-0.3, -0.25) is 9.59 Å². The van der Waals surface area contributed by atoms with Gasteiger partial charge in [-0.2, -0.15) is 0 Å². The van der Waals surface area contributed by atoms with Gasteiger partial charge in [0.15, 0.2) is 11.5 Å². The van der Waals surface area contributed by atoms with Crippen LogP contribution in [0.4, 0.5) is 0 Å². The van der Waals surface area contributed by atoms with Gasteiger partial charge in [-0.25, -0.2) is 0 Å². The van der Waals surface area contributed by atoms with Crippen LogP contribution in [0.15, 0.2) is 10.6 Å². The van der Waals surface area contributed by atoms with Gasteiger partial charge < -0.3 is 14.7 Å². The topological polar surface area (TPSA) is 75.4 Å². The summed E-state index contributed by atoms with van der Waals surface area (Å²) in [5.74, 6) is 1.68. The second-order valence-corrected chi connectivity index (χ2v) is 8.22. The average molecular weight is 361 g/mol. The third-order valence-electron chi connectivity index (χ3n) is 5.34. The summed E-state index contributed by atoms with van der Waals surface area (Å²) in [6.45, 7) is 5.10. The molecule has 0 bridgehead atoms. The Labute approximate surface area is 155 Å². The minimum absolute atomic E-state index is 0.210. The predicted octanol–water partition coefficient (Wildman–Crippen LogP) is 3.52. The van der Waals surface area contributed by atoms with Crippen molar-refractivity contribution in [3.63, 3.8) is 0 Å². The minimum atomic E-state index is -0.223. The zero-order valence-electron chi connectivity index (χ0n) is 16.0. The maximum Gasteiger partial charge on any atom is 0.273 e. The van der Waals surface area contributed by atoms with Crippen molar-refractivity contribution >= 4 is 11.8 Å². The molecule has 0 unspecified atom stereocenters. The largest absolute Gasteiger partial charge is 0.359 e. The molecule has 0 aromatic carbocycles. The second kappa shape index (κ2) is 8.69. The summed E-state index contributed by atoms with van der Waals surface area (Å²) in [6, 6.07) is 1.99. The first-order chi connectivity index (χ1) is 12.5. The Hall–Kier alpha value is -1.85. The molecule has 6 nitrogen and oxygen atoms in total. The van der Waals surface area contributed by atoms with Crippen molar-refractivity contribution in [2.75, 3.05) is 6.54 Å². The minimum Gasteiger partial charge on any atom is -0.359 e. The number of rotatable bonds is 9. The molecular weight excluding hydrogens is 330 g/mol. The number of carbonyl (C=O) groups excluding carboxylic acids is 2. The molecule has 2 aliphatic carbocycles. The zero-order chi connectivity index (χ0) is 18.5. The van der Waals surface area contributed by atoms with E-state index in [1.54, 1.807) is 6.07 Å². The van der Waals surface area contributed by atoms with E-state index in [4.69, 9.17) is 4.52 Å². The SMILES string of the molecule is CC(C)CNC(=O)c1cc(CN(C(=O)CCC2CCCC2)C2CC2)on1. The van der Waals surface area contributed by atoms with Gasteiger partial charge in [-0.05, 0) is 31.1 Å². The van der Waals surface area contributed by atoms with Crippen LogP contribution < -0.4 is 5.32 Å². The normalized spacial score (nSPS) is 17.7. The summed E-state index contributed by atoms with van der Waals surface area (Å²) in [4.78, 5) is 26.7. The van der Waals surface area contributed by atoms with Crippen LogP contribution >= 0.6 is 0 Å². The summed E-state index contributed by atoms with van der Waals surface area (Å²) in [6.07, 6.45) is 8.91. The van der Waals surface area contributed by atoms with E-state index in [1.165, 1.54) is 25.7 Å². The van der Waals surface area contributed by atoms with Crippen molar-refractivity contribution in [1.29, 1.82) is 0 Å². The molecule has 3 rings (SSSR count). The third-order valence-corrected chi connectivity index (χ3v) is 5.34. The Bertz CT molecular complexity index is 616. The van der Waals surface area contributed by atoms with Crippen LogP contribution in [0.2, 0.25) is 0 Å². The molecule has 1 N–H and O–H groups in total. The molecule has 1 aromatic rings. The highest BCUT2D eigenvalue weighted by atomic mass is 16.5. The molecule has 26 heavy (non-hydrogen) atoms. The highest BCUT2D eigenvalue weighted by Gasteiger charge is 2.33. The highest BCUT2D eigenvalue weighted by Crippen LogP contribution is 2.32. The summed E-state index contributed by atoms with van der Waals surface area (Å²) in [5.41, 5.74) is 0.287. The molecule has 2 aliphatic rings. The molecular formula is C20H31N3O3. The van der Waals surface area contributed by atoms with Gasteiger partial charge in [-0.1, -0.05) is 44.7 Å². The van der Waals surface area contributed by atoms with Gasteiger partial charge in [0.2, 0.25) is 5.91 Å². The predicted molar refractivity (Wildman–Crippen MR) is 98.4 cm³/mol. The van der Waals surface area contributed by atoms with E-state index in [0.29, 0.717) is 37.2 Å².